The van der Waals surface area contributed by atoms with E-state index in [1.165, 1.54) is 12.1 Å². The van der Waals surface area contributed by atoms with E-state index in [1.54, 1.807) is 6.07 Å². The van der Waals surface area contributed by atoms with Crippen molar-refractivity contribution in [2.24, 2.45) is 0 Å². The lowest BCUT2D eigenvalue weighted by molar-refractivity contribution is -0.134. The van der Waals surface area contributed by atoms with Crippen LogP contribution in [0.1, 0.15) is 38.4 Å². The van der Waals surface area contributed by atoms with Gasteiger partial charge in [0.25, 0.3) is 0 Å². The number of halogens is 1. The summed E-state index contributed by atoms with van der Waals surface area (Å²) in [5.74, 6) is -0.167. The first-order valence-corrected chi connectivity index (χ1v) is 7.51. The van der Waals surface area contributed by atoms with Crippen molar-refractivity contribution in [1.29, 1.82) is 0 Å². The third kappa shape index (κ3) is 2.56. The molecule has 2 fully saturated rings. The molecular weight excluding hydrogens is 271 g/mol. The summed E-state index contributed by atoms with van der Waals surface area (Å²) in [6.07, 6.45) is 1.44. The molecule has 0 bridgehead atoms. The Morgan fingerprint density at radius 3 is 2.90 bits per heavy atom. The Bertz CT molecular complexity index is 545. The molecule has 2 atom stereocenters. The first-order valence-electron chi connectivity index (χ1n) is 7.51. The number of carbonyl (C=O) groups excluding carboxylic acids is 1. The molecule has 114 valence electrons. The van der Waals surface area contributed by atoms with Gasteiger partial charge in [-0.2, -0.15) is 0 Å². The van der Waals surface area contributed by atoms with E-state index in [2.05, 4.69) is 5.32 Å². The molecule has 1 aromatic carbocycles. The summed E-state index contributed by atoms with van der Waals surface area (Å²) in [4.78, 5) is 14.5. The molecule has 0 radical (unpaired) electrons. The lowest BCUT2D eigenvalue weighted by Gasteiger charge is -2.30. The van der Waals surface area contributed by atoms with Crippen molar-refractivity contribution in [3.8, 4) is 0 Å². The minimum atomic E-state index is -0.419. The zero-order chi connectivity index (χ0) is 15.0. The summed E-state index contributed by atoms with van der Waals surface area (Å²) in [7, 11) is 0. The zero-order valence-electron chi connectivity index (χ0n) is 12.4. The molecule has 2 unspecified atom stereocenters. The van der Waals surface area contributed by atoms with E-state index in [0.717, 1.165) is 18.4 Å². The van der Waals surface area contributed by atoms with Crippen molar-refractivity contribution >= 4 is 5.91 Å². The topological polar surface area (TPSA) is 41.6 Å². The van der Waals surface area contributed by atoms with Gasteiger partial charge in [-0.25, -0.2) is 4.39 Å². The molecular formula is C16H21FN2O2. The number of hydrogen-bond acceptors (Lipinski definition) is 3. The molecule has 4 nitrogen and oxygen atoms in total. The Labute approximate surface area is 124 Å². The van der Waals surface area contributed by atoms with E-state index in [9.17, 15) is 9.18 Å². The fourth-order valence-corrected chi connectivity index (χ4v) is 2.98. The molecule has 1 spiro atoms. The number of carbonyl (C=O) groups is 1. The summed E-state index contributed by atoms with van der Waals surface area (Å²) < 4.78 is 19.0. The maximum atomic E-state index is 13.5. The van der Waals surface area contributed by atoms with Gasteiger partial charge in [0.1, 0.15) is 17.5 Å². The Balaban J connectivity index is 1.88. The van der Waals surface area contributed by atoms with Gasteiger partial charge in [-0.1, -0.05) is 12.1 Å². The van der Waals surface area contributed by atoms with Crippen LogP contribution in [0.25, 0.3) is 0 Å². The van der Waals surface area contributed by atoms with Crippen molar-refractivity contribution in [2.45, 2.75) is 44.4 Å². The maximum Gasteiger partial charge on any atom is 0.244 e. The Hall–Kier alpha value is -1.46. The van der Waals surface area contributed by atoms with Crippen LogP contribution >= 0.6 is 0 Å². The van der Waals surface area contributed by atoms with E-state index in [4.69, 9.17) is 4.74 Å². The summed E-state index contributed by atoms with van der Waals surface area (Å²) in [6.45, 7) is 5.02. The van der Waals surface area contributed by atoms with Crippen LogP contribution in [0.2, 0.25) is 0 Å². The van der Waals surface area contributed by atoms with E-state index in [1.807, 2.05) is 24.8 Å². The highest BCUT2D eigenvalue weighted by molar-refractivity contribution is 5.92. The average Bonchev–Trinajstić information content (AvgIpc) is 3.18. The van der Waals surface area contributed by atoms with Crippen LogP contribution < -0.4 is 5.32 Å². The minimum absolute atomic E-state index is 0.0433. The van der Waals surface area contributed by atoms with E-state index >= 15 is 0 Å². The van der Waals surface area contributed by atoms with Crippen molar-refractivity contribution in [3.63, 3.8) is 0 Å². The minimum Gasteiger partial charge on any atom is -0.380 e. The normalized spacial score (nSPS) is 24.6. The largest absolute Gasteiger partial charge is 0.380 e. The monoisotopic (exact) mass is 292 g/mol. The molecule has 1 saturated carbocycles. The van der Waals surface area contributed by atoms with Gasteiger partial charge in [0.2, 0.25) is 5.91 Å². The molecule has 1 aliphatic carbocycles. The third-order valence-electron chi connectivity index (χ3n) is 4.29. The maximum absolute atomic E-state index is 13.5. The van der Waals surface area contributed by atoms with Crippen molar-refractivity contribution in [1.82, 2.24) is 10.2 Å². The predicted octanol–water partition coefficient (Wildman–Crippen LogP) is 2.21. The number of nitrogens with one attached hydrogen (secondary N) is 1. The van der Waals surface area contributed by atoms with Gasteiger partial charge in [-0.05, 0) is 44.4 Å². The summed E-state index contributed by atoms with van der Waals surface area (Å²) in [5, 5.41) is 3.40. The number of benzene rings is 1. The van der Waals surface area contributed by atoms with Gasteiger partial charge < -0.3 is 9.64 Å². The van der Waals surface area contributed by atoms with Gasteiger partial charge >= 0.3 is 0 Å². The number of rotatable bonds is 5. The number of ether oxygens (including phenoxy) is 1. The molecule has 1 aliphatic heterocycles. The first kappa shape index (κ1) is 14.5. The van der Waals surface area contributed by atoms with Crippen LogP contribution in [-0.4, -0.2) is 35.6 Å². The average molecular weight is 292 g/mol. The SMILES string of the molecule is CCOCC(C)N1C(=O)C2(CC2)NC1c1cccc(F)c1. The summed E-state index contributed by atoms with van der Waals surface area (Å²) >= 11 is 0. The van der Waals surface area contributed by atoms with Gasteiger partial charge in [-0.15, -0.1) is 0 Å². The quantitative estimate of drug-likeness (QED) is 0.904. The van der Waals surface area contributed by atoms with Gasteiger partial charge in [0.05, 0.1) is 12.6 Å². The van der Waals surface area contributed by atoms with Crippen molar-refractivity contribution in [3.05, 3.63) is 35.6 Å². The highest BCUT2D eigenvalue weighted by atomic mass is 19.1. The number of amides is 1. The molecule has 1 N–H and O–H groups in total. The van der Waals surface area contributed by atoms with Gasteiger partial charge in [-0.3, -0.25) is 10.1 Å². The lowest BCUT2D eigenvalue weighted by Crippen LogP contribution is -2.41. The van der Waals surface area contributed by atoms with Crippen LogP contribution in [-0.2, 0) is 9.53 Å². The van der Waals surface area contributed by atoms with Gasteiger partial charge in [0.15, 0.2) is 0 Å². The summed E-state index contributed by atoms with van der Waals surface area (Å²) in [6, 6.07) is 6.40. The second kappa shape index (κ2) is 5.39. The van der Waals surface area contributed by atoms with Crippen molar-refractivity contribution < 1.29 is 13.9 Å². The molecule has 3 rings (SSSR count). The fraction of sp³-hybridized carbons (Fsp3) is 0.562. The second-order valence-electron chi connectivity index (χ2n) is 5.90. The molecule has 1 heterocycles. The highest BCUT2D eigenvalue weighted by Gasteiger charge is 2.60. The zero-order valence-corrected chi connectivity index (χ0v) is 12.4. The van der Waals surface area contributed by atoms with E-state index < -0.39 is 5.54 Å². The number of hydrogen-bond donors (Lipinski definition) is 1. The van der Waals surface area contributed by atoms with Crippen LogP contribution in [0.4, 0.5) is 4.39 Å². The smallest absolute Gasteiger partial charge is 0.244 e. The molecule has 1 aromatic rings. The molecule has 0 aromatic heterocycles. The lowest BCUT2D eigenvalue weighted by atomic mass is 10.1. The first-order chi connectivity index (χ1) is 10.1. The third-order valence-corrected chi connectivity index (χ3v) is 4.29. The number of nitrogens with zero attached hydrogens (tertiary/aromatic N) is 1. The standard InChI is InChI=1S/C16H21FN2O2/c1-3-21-10-11(2)19-14(12-5-4-6-13(17)9-12)18-16(7-8-16)15(19)20/h4-6,9,11,14,18H,3,7-8,10H2,1-2H3. The van der Waals surface area contributed by atoms with Gasteiger partial charge in [0, 0.05) is 6.61 Å². The Kier molecular flexibility index (Phi) is 3.71. The highest BCUT2D eigenvalue weighted by Crippen LogP contribution is 2.46. The molecule has 2 aliphatic rings. The van der Waals surface area contributed by atoms with Crippen LogP contribution in [0.3, 0.4) is 0 Å². The van der Waals surface area contributed by atoms with E-state index in [-0.39, 0.29) is 23.9 Å². The van der Waals surface area contributed by atoms with Crippen LogP contribution in [0.15, 0.2) is 24.3 Å². The summed E-state index contributed by atoms with van der Waals surface area (Å²) in [5.41, 5.74) is 0.368. The fourth-order valence-electron chi connectivity index (χ4n) is 2.98. The second-order valence-corrected chi connectivity index (χ2v) is 5.90. The Morgan fingerprint density at radius 1 is 1.52 bits per heavy atom. The van der Waals surface area contributed by atoms with Crippen molar-refractivity contribution in [2.75, 3.05) is 13.2 Å². The Morgan fingerprint density at radius 2 is 2.29 bits per heavy atom. The predicted molar refractivity (Wildman–Crippen MR) is 77.0 cm³/mol. The van der Waals surface area contributed by atoms with Crippen LogP contribution in [0, 0.1) is 5.82 Å². The molecule has 21 heavy (non-hydrogen) atoms. The molecule has 1 amide bonds. The van der Waals surface area contributed by atoms with E-state index in [0.29, 0.717) is 13.2 Å². The van der Waals surface area contributed by atoms with Crippen LogP contribution in [0.5, 0.6) is 0 Å². The molecule has 5 heteroatoms. The molecule has 1 saturated heterocycles.